The maximum absolute atomic E-state index is 10.3. The molecule has 0 spiro atoms. The quantitative estimate of drug-likeness (QED) is 0.700. The number of carboxylic acid groups (broad SMARTS) is 1. The first-order valence-corrected chi connectivity index (χ1v) is 4.56. The lowest BCUT2D eigenvalue weighted by Gasteiger charge is -2.08. The topological polar surface area (TPSA) is 65.5 Å². The van der Waals surface area contributed by atoms with E-state index in [4.69, 9.17) is 5.11 Å². The van der Waals surface area contributed by atoms with Crippen molar-refractivity contribution in [1.82, 2.24) is 9.99 Å². The number of carbonyl (C=O) groups is 1. The fourth-order valence-electron chi connectivity index (χ4n) is 0.786. The molecule has 2 N–H and O–H groups in total. The molecule has 0 aliphatic rings. The number of hydrogen-bond donors (Lipinski definition) is 2. The van der Waals surface area contributed by atoms with Crippen LogP contribution in [-0.2, 0) is 11.2 Å². The number of nitrogens with zero attached hydrogens (tertiary/aromatic N) is 2. The summed E-state index contributed by atoms with van der Waals surface area (Å²) in [6.45, 7) is 0. The summed E-state index contributed by atoms with van der Waals surface area (Å²) in [5.41, 5.74) is 3.53. The third-order valence-electron chi connectivity index (χ3n) is 1.20. The number of rotatable bonds is 4. The average Bonchev–Trinajstić information content (AvgIpc) is 2.33. The normalized spacial score (nSPS) is 10.4. The number of anilines is 1. The van der Waals surface area contributed by atoms with E-state index in [0.29, 0.717) is 10.8 Å². The Morgan fingerprint density at radius 2 is 2.46 bits per heavy atom. The van der Waals surface area contributed by atoms with E-state index in [-0.39, 0.29) is 6.42 Å². The molecule has 72 valence electrons. The van der Waals surface area contributed by atoms with Gasteiger partial charge in [0.05, 0.1) is 12.1 Å². The molecule has 1 aromatic rings. The lowest BCUT2D eigenvalue weighted by Crippen LogP contribution is -2.19. The van der Waals surface area contributed by atoms with Gasteiger partial charge in [-0.2, -0.15) is 0 Å². The molecule has 5 nitrogen and oxygen atoms in total. The van der Waals surface area contributed by atoms with Gasteiger partial charge in [-0.1, -0.05) is 0 Å². The second-order valence-electron chi connectivity index (χ2n) is 2.72. The molecule has 0 aromatic carbocycles. The smallest absolute Gasteiger partial charge is 0.309 e. The average molecular weight is 201 g/mol. The summed E-state index contributed by atoms with van der Waals surface area (Å²) < 4.78 is 0. The molecule has 0 saturated carbocycles. The molecule has 1 aromatic heterocycles. The molecule has 0 amide bonds. The third-order valence-corrected chi connectivity index (χ3v) is 2.00. The number of thiazole rings is 1. The molecule has 0 fully saturated rings. The number of hydrogen-bond acceptors (Lipinski definition) is 5. The standard InChI is InChI=1S/C7H11N3O2S/c1-10(2)9-7-8-5(4-13-7)3-6(11)12/h4H,3H2,1-2H3,(H,8,9)(H,11,12). The van der Waals surface area contributed by atoms with Crippen LogP contribution < -0.4 is 5.43 Å². The van der Waals surface area contributed by atoms with Crippen molar-refractivity contribution in [2.24, 2.45) is 0 Å². The molecule has 1 rings (SSSR count). The maximum atomic E-state index is 10.3. The van der Waals surface area contributed by atoms with Crippen molar-refractivity contribution >= 4 is 22.4 Å². The molecule has 0 aliphatic carbocycles. The predicted molar refractivity (Wildman–Crippen MR) is 50.8 cm³/mol. The SMILES string of the molecule is CN(C)Nc1nc(CC(=O)O)cs1. The van der Waals surface area contributed by atoms with Crippen LogP contribution in [0.25, 0.3) is 0 Å². The monoisotopic (exact) mass is 201 g/mol. The largest absolute Gasteiger partial charge is 0.481 e. The summed E-state index contributed by atoms with van der Waals surface area (Å²) in [5.74, 6) is -0.860. The van der Waals surface area contributed by atoms with E-state index in [2.05, 4.69) is 10.4 Å². The van der Waals surface area contributed by atoms with Gasteiger partial charge in [-0.3, -0.25) is 10.2 Å². The Bertz CT molecular complexity index is 298. The molecule has 0 bridgehead atoms. The predicted octanol–water partition coefficient (Wildman–Crippen LogP) is 0.659. The summed E-state index contributed by atoms with van der Waals surface area (Å²) in [6, 6.07) is 0. The van der Waals surface area contributed by atoms with Gasteiger partial charge >= 0.3 is 5.97 Å². The second-order valence-corrected chi connectivity index (χ2v) is 3.58. The van der Waals surface area contributed by atoms with Gasteiger partial charge in [0.15, 0.2) is 5.13 Å². The van der Waals surface area contributed by atoms with Gasteiger partial charge in [-0.05, 0) is 0 Å². The molecule has 0 unspecified atom stereocenters. The van der Waals surface area contributed by atoms with Crippen molar-refractivity contribution in [3.8, 4) is 0 Å². The van der Waals surface area contributed by atoms with Crippen LogP contribution >= 0.6 is 11.3 Å². The molecular weight excluding hydrogens is 190 g/mol. The Morgan fingerprint density at radius 1 is 1.77 bits per heavy atom. The highest BCUT2D eigenvalue weighted by Crippen LogP contribution is 2.15. The summed E-state index contributed by atoms with van der Waals surface area (Å²) >= 11 is 1.39. The highest BCUT2D eigenvalue weighted by molar-refractivity contribution is 7.13. The van der Waals surface area contributed by atoms with Gasteiger partial charge in [-0.25, -0.2) is 9.99 Å². The lowest BCUT2D eigenvalue weighted by molar-refractivity contribution is -0.136. The van der Waals surface area contributed by atoms with E-state index >= 15 is 0 Å². The van der Waals surface area contributed by atoms with Gasteiger partial charge in [0.25, 0.3) is 0 Å². The van der Waals surface area contributed by atoms with E-state index in [1.807, 2.05) is 14.1 Å². The Labute approximate surface area is 80.0 Å². The second kappa shape index (κ2) is 4.20. The first kappa shape index (κ1) is 9.94. The van der Waals surface area contributed by atoms with Gasteiger partial charge in [0.2, 0.25) is 0 Å². The van der Waals surface area contributed by atoms with E-state index < -0.39 is 5.97 Å². The van der Waals surface area contributed by atoms with Crippen LogP contribution in [0.5, 0.6) is 0 Å². The molecular formula is C7H11N3O2S. The van der Waals surface area contributed by atoms with Crippen molar-refractivity contribution in [1.29, 1.82) is 0 Å². The fraction of sp³-hybridized carbons (Fsp3) is 0.429. The van der Waals surface area contributed by atoms with Crippen molar-refractivity contribution in [3.63, 3.8) is 0 Å². The number of aliphatic carboxylic acids is 1. The molecule has 0 radical (unpaired) electrons. The number of nitrogens with one attached hydrogen (secondary N) is 1. The van der Waals surface area contributed by atoms with Crippen LogP contribution in [0.1, 0.15) is 5.69 Å². The highest BCUT2D eigenvalue weighted by Gasteiger charge is 2.05. The zero-order valence-corrected chi connectivity index (χ0v) is 8.26. The Kier molecular flexibility index (Phi) is 3.21. The number of aromatic nitrogens is 1. The number of carboxylic acids is 1. The van der Waals surface area contributed by atoms with Crippen molar-refractivity contribution in [2.75, 3.05) is 19.5 Å². The molecule has 6 heteroatoms. The van der Waals surface area contributed by atoms with E-state index in [0.717, 1.165) is 0 Å². The van der Waals surface area contributed by atoms with Crippen molar-refractivity contribution in [3.05, 3.63) is 11.1 Å². The zero-order valence-electron chi connectivity index (χ0n) is 7.44. The minimum Gasteiger partial charge on any atom is -0.481 e. The Hall–Kier alpha value is -1.14. The molecule has 0 atom stereocenters. The van der Waals surface area contributed by atoms with Gasteiger partial charge in [-0.15, -0.1) is 11.3 Å². The van der Waals surface area contributed by atoms with Crippen LogP contribution in [0.4, 0.5) is 5.13 Å². The van der Waals surface area contributed by atoms with Crippen molar-refractivity contribution < 1.29 is 9.90 Å². The summed E-state index contributed by atoms with van der Waals surface area (Å²) in [4.78, 5) is 14.4. The fourth-order valence-corrected chi connectivity index (χ4v) is 1.57. The third kappa shape index (κ3) is 3.39. The maximum Gasteiger partial charge on any atom is 0.309 e. The summed E-state index contributed by atoms with van der Waals surface area (Å²) in [6.07, 6.45) is -0.0222. The Balaban J connectivity index is 2.58. The zero-order chi connectivity index (χ0) is 9.84. The minimum absolute atomic E-state index is 0.0222. The first-order valence-electron chi connectivity index (χ1n) is 3.68. The summed E-state index contributed by atoms with van der Waals surface area (Å²) in [5, 5.41) is 12.7. The molecule has 13 heavy (non-hydrogen) atoms. The first-order chi connectivity index (χ1) is 6.08. The van der Waals surface area contributed by atoms with E-state index in [1.54, 1.807) is 10.4 Å². The van der Waals surface area contributed by atoms with Gasteiger partial charge < -0.3 is 5.11 Å². The minimum atomic E-state index is -0.860. The summed E-state index contributed by atoms with van der Waals surface area (Å²) in [7, 11) is 3.69. The van der Waals surface area contributed by atoms with Gasteiger partial charge in [0, 0.05) is 19.5 Å². The number of hydrazine groups is 1. The Morgan fingerprint density at radius 3 is 3.00 bits per heavy atom. The molecule has 0 saturated heterocycles. The van der Waals surface area contributed by atoms with Crippen LogP contribution in [0, 0.1) is 0 Å². The van der Waals surface area contributed by atoms with Crippen LogP contribution in [0.15, 0.2) is 5.38 Å². The lowest BCUT2D eigenvalue weighted by atomic mass is 10.3. The van der Waals surface area contributed by atoms with Crippen LogP contribution in [0.3, 0.4) is 0 Å². The van der Waals surface area contributed by atoms with E-state index in [9.17, 15) is 4.79 Å². The highest BCUT2D eigenvalue weighted by atomic mass is 32.1. The van der Waals surface area contributed by atoms with Gasteiger partial charge in [0.1, 0.15) is 0 Å². The molecule has 1 heterocycles. The van der Waals surface area contributed by atoms with E-state index in [1.165, 1.54) is 11.3 Å². The van der Waals surface area contributed by atoms with Crippen molar-refractivity contribution in [2.45, 2.75) is 6.42 Å². The molecule has 0 aliphatic heterocycles. The van der Waals surface area contributed by atoms with Crippen LogP contribution in [-0.4, -0.2) is 35.2 Å². The van der Waals surface area contributed by atoms with Crippen LogP contribution in [0.2, 0.25) is 0 Å².